The average molecular weight is 386 g/mol. The van der Waals surface area contributed by atoms with Crippen molar-refractivity contribution >= 4 is 21.9 Å². The Kier molecular flexibility index (Phi) is 4.57. The molecule has 0 saturated carbocycles. The van der Waals surface area contributed by atoms with Gasteiger partial charge in [-0.3, -0.25) is 0 Å². The lowest BCUT2D eigenvalue weighted by atomic mass is 9.92. The average Bonchev–Trinajstić information content (AvgIpc) is 2.55. The summed E-state index contributed by atoms with van der Waals surface area (Å²) in [5, 5.41) is 0. The van der Waals surface area contributed by atoms with Crippen LogP contribution in [0.25, 0.3) is 0 Å². The van der Waals surface area contributed by atoms with Crippen molar-refractivity contribution in [3.05, 3.63) is 52.3 Å². The van der Waals surface area contributed by atoms with Crippen LogP contribution < -0.4 is 4.90 Å². The van der Waals surface area contributed by atoms with E-state index in [1.54, 1.807) is 30.6 Å². The van der Waals surface area contributed by atoms with Crippen molar-refractivity contribution in [3.63, 3.8) is 0 Å². The van der Waals surface area contributed by atoms with Crippen LogP contribution in [0.5, 0.6) is 0 Å². The molecule has 7 heteroatoms. The Hall–Kier alpha value is -1.63. The van der Waals surface area contributed by atoms with Crippen molar-refractivity contribution < 1.29 is 13.2 Å². The molecule has 1 atom stereocenters. The molecule has 3 rings (SSSR count). The van der Waals surface area contributed by atoms with Gasteiger partial charge in [-0.25, -0.2) is 9.97 Å². The zero-order valence-corrected chi connectivity index (χ0v) is 13.8. The first-order valence-corrected chi connectivity index (χ1v) is 8.16. The molecule has 0 N–H and O–H groups in total. The first kappa shape index (κ1) is 16.2. The minimum absolute atomic E-state index is 0.285. The van der Waals surface area contributed by atoms with E-state index in [2.05, 4.69) is 25.9 Å². The van der Waals surface area contributed by atoms with Crippen LogP contribution in [0, 0.1) is 0 Å². The number of piperidine rings is 1. The fourth-order valence-corrected chi connectivity index (χ4v) is 3.36. The second-order valence-corrected chi connectivity index (χ2v) is 6.40. The second kappa shape index (κ2) is 6.47. The van der Waals surface area contributed by atoms with Gasteiger partial charge in [0.15, 0.2) is 0 Å². The summed E-state index contributed by atoms with van der Waals surface area (Å²) in [4.78, 5) is 10.3. The Labute approximate surface area is 140 Å². The van der Waals surface area contributed by atoms with Gasteiger partial charge < -0.3 is 4.90 Å². The molecule has 0 radical (unpaired) electrons. The van der Waals surface area contributed by atoms with Crippen LogP contribution in [0.4, 0.5) is 19.1 Å². The van der Waals surface area contributed by atoms with Gasteiger partial charge >= 0.3 is 6.18 Å². The quantitative estimate of drug-likeness (QED) is 0.728. The number of benzene rings is 1. The van der Waals surface area contributed by atoms with E-state index in [-0.39, 0.29) is 11.6 Å². The standard InChI is InChI=1S/C16H15BrF3N3/c17-11-5-6-12(13(10-11)16(18,19)20)14-4-1-2-9-23(14)15-21-7-3-8-22-15/h3,5-8,10,14H,1-2,4,9H2. The van der Waals surface area contributed by atoms with Crippen molar-refractivity contribution in [1.29, 1.82) is 0 Å². The Morgan fingerprint density at radius 3 is 2.57 bits per heavy atom. The molecule has 1 aromatic carbocycles. The van der Waals surface area contributed by atoms with E-state index < -0.39 is 11.7 Å². The summed E-state index contributed by atoms with van der Waals surface area (Å²) in [6.45, 7) is 0.655. The van der Waals surface area contributed by atoms with E-state index in [4.69, 9.17) is 0 Å². The maximum absolute atomic E-state index is 13.4. The maximum Gasteiger partial charge on any atom is 0.416 e. The summed E-state index contributed by atoms with van der Waals surface area (Å²) in [7, 11) is 0. The van der Waals surface area contributed by atoms with Gasteiger partial charge in [-0.2, -0.15) is 13.2 Å². The van der Waals surface area contributed by atoms with Gasteiger partial charge in [-0.05, 0) is 43.0 Å². The number of hydrogen-bond donors (Lipinski definition) is 0. The van der Waals surface area contributed by atoms with Crippen LogP contribution in [-0.2, 0) is 6.18 Å². The lowest BCUT2D eigenvalue weighted by Gasteiger charge is -2.37. The maximum atomic E-state index is 13.4. The van der Waals surface area contributed by atoms with Crippen molar-refractivity contribution in [2.45, 2.75) is 31.5 Å². The number of hydrogen-bond acceptors (Lipinski definition) is 3. The van der Waals surface area contributed by atoms with E-state index in [1.165, 1.54) is 0 Å². The summed E-state index contributed by atoms with van der Waals surface area (Å²) in [6, 6.07) is 5.69. The molecule has 1 unspecified atom stereocenters. The summed E-state index contributed by atoms with van der Waals surface area (Å²) in [6.07, 6.45) is 1.30. The van der Waals surface area contributed by atoms with Crippen LogP contribution in [0.1, 0.15) is 36.4 Å². The molecule has 0 amide bonds. The minimum Gasteiger partial charge on any atom is -0.334 e. The lowest BCUT2D eigenvalue weighted by Crippen LogP contribution is -2.35. The Morgan fingerprint density at radius 1 is 1.13 bits per heavy atom. The molecule has 0 spiro atoms. The van der Waals surface area contributed by atoms with Crippen LogP contribution in [0.15, 0.2) is 41.1 Å². The van der Waals surface area contributed by atoms with Gasteiger partial charge in [0, 0.05) is 23.4 Å². The third-order valence-corrected chi connectivity index (χ3v) is 4.48. The zero-order valence-electron chi connectivity index (χ0n) is 12.2. The molecule has 122 valence electrons. The second-order valence-electron chi connectivity index (χ2n) is 5.48. The van der Waals surface area contributed by atoms with Crippen molar-refractivity contribution in [2.24, 2.45) is 0 Å². The topological polar surface area (TPSA) is 29.0 Å². The number of aromatic nitrogens is 2. The summed E-state index contributed by atoms with van der Waals surface area (Å²) < 4.78 is 40.7. The van der Waals surface area contributed by atoms with Crippen LogP contribution in [-0.4, -0.2) is 16.5 Å². The number of alkyl halides is 3. The fraction of sp³-hybridized carbons (Fsp3) is 0.375. The normalized spacial score (nSPS) is 19.0. The van der Waals surface area contributed by atoms with E-state index in [9.17, 15) is 13.2 Å². The molecule has 1 aromatic heterocycles. The molecular weight excluding hydrogens is 371 g/mol. The first-order valence-electron chi connectivity index (χ1n) is 7.37. The molecule has 1 saturated heterocycles. The largest absolute Gasteiger partial charge is 0.416 e. The highest BCUT2D eigenvalue weighted by Crippen LogP contribution is 2.41. The summed E-state index contributed by atoms with van der Waals surface area (Å²) in [5.41, 5.74) is -0.312. The first-order chi connectivity index (χ1) is 11.0. The van der Waals surface area contributed by atoms with E-state index in [0.717, 1.165) is 18.9 Å². The van der Waals surface area contributed by atoms with Gasteiger partial charge in [-0.1, -0.05) is 22.0 Å². The van der Waals surface area contributed by atoms with Crippen molar-refractivity contribution in [3.8, 4) is 0 Å². The minimum atomic E-state index is -4.39. The van der Waals surface area contributed by atoms with Crippen molar-refractivity contribution in [2.75, 3.05) is 11.4 Å². The number of nitrogens with zero attached hydrogens (tertiary/aromatic N) is 3. The predicted molar refractivity (Wildman–Crippen MR) is 85.1 cm³/mol. The summed E-state index contributed by atoms with van der Waals surface area (Å²) >= 11 is 3.13. The molecule has 0 bridgehead atoms. The number of rotatable bonds is 2. The van der Waals surface area contributed by atoms with Gasteiger partial charge in [0.2, 0.25) is 5.95 Å². The van der Waals surface area contributed by atoms with E-state index in [1.807, 2.05) is 4.90 Å². The van der Waals surface area contributed by atoms with E-state index >= 15 is 0 Å². The highest BCUT2D eigenvalue weighted by Gasteiger charge is 2.38. The number of anilines is 1. The van der Waals surface area contributed by atoms with Gasteiger partial charge in [-0.15, -0.1) is 0 Å². The predicted octanol–water partition coefficient (Wildman–Crippen LogP) is 4.99. The molecule has 23 heavy (non-hydrogen) atoms. The van der Waals surface area contributed by atoms with Gasteiger partial charge in [0.25, 0.3) is 0 Å². The number of halogens is 4. The monoisotopic (exact) mass is 385 g/mol. The molecule has 1 aliphatic heterocycles. The van der Waals surface area contributed by atoms with Gasteiger partial charge in [0.1, 0.15) is 0 Å². The smallest absolute Gasteiger partial charge is 0.334 e. The molecule has 2 aromatic rings. The highest BCUT2D eigenvalue weighted by atomic mass is 79.9. The molecular formula is C16H15BrF3N3. The highest BCUT2D eigenvalue weighted by molar-refractivity contribution is 9.10. The third kappa shape index (κ3) is 3.49. The molecule has 1 aliphatic rings. The molecule has 3 nitrogen and oxygen atoms in total. The van der Waals surface area contributed by atoms with Crippen molar-refractivity contribution in [1.82, 2.24) is 9.97 Å². The van der Waals surface area contributed by atoms with Crippen LogP contribution >= 0.6 is 15.9 Å². The fourth-order valence-electron chi connectivity index (χ4n) is 3.00. The molecule has 1 fully saturated rings. The van der Waals surface area contributed by atoms with Gasteiger partial charge in [0.05, 0.1) is 11.6 Å². The Morgan fingerprint density at radius 2 is 1.87 bits per heavy atom. The van der Waals surface area contributed by atoms with Crippen LogP contribution in [0.3, 0.4) is 0 Å². The molecule has 0 aliphatic carbocycles. The Bertz CT molecular complexity index is 676. The van der Waals surface area contributed by atoms with Crippen LogP contribution in [0.2, 0.25) is 0 Å². The molecule has 2 heterocycles. The third-order valence-electron chi connectivity index (χ3n) is 3.99. The lowest BCUT2D eigenvalue weighted by molar-refractivity contribution is -0.138. The Balaban J connectivity index is 2.05. The summed E-state index contributed by atoms with van der Waals surface area (Å²) in [5.74, 6) is 0.480. The SMILES string of the molecule is FC(F)(F)c1cc(Br)ccc1C1CCCCN1c1ncccn1. The van der Waals surface area contributed by atoms with E-state index in [0.29, 0.717) is 23.4 Å². The zero-order chi connectivity index (χ0) is 16.4.